The Balaban J connectivity index is 1.29. The number of hydrogen-bond donors (Lipinski definition) is 1. The average molecular weight is 414 g/mol. The van der Waals surface area contributed by atoms with Gasteiger partial charge in [-0.15, -0.1) is 16.4 Å². The van der Waals surface area contributed by atoms with E-state index in [1.165, 1.54) is 4.70 Å². The van der Waals surface area contributed by atoms with Gasteiger partial charge in [-0.1, -0.05) is 29.5 Å². The van der Waals surface area contributed by atoms with Crippen LogP contribution in [0.15, 0.2) is 66.7 Å². The minimum absolute atomic E-state index is 0.165. The third-order valence-corrected chi connectivity index (χ3v) is 6.02. The lowest BCUT2D eigenvalue weighted by Crippen LogP contribution is -2.11. The molecule has 0 saturated carbocycles. The Labute approximate surface area is 177 Å². The molecule has 0 aliphatic rings. The maximum atomic E-state index is 12.6. The minimum atomic E-state index is -0.165. The number of thiazole rings is 1. The molecule has 30 heavy (non-hydrogen) atoms. The molecule has 6 nitrogen and oxygen atoms in total. The van der Waals surface area contributed by atoms with Crippen molar-refractivity contribution in [1.29, 1.82) is 0 Å². The van der Waals surface area contributed by atoms with Crippen LogP contribution in [0, 0.1) is 0 Å². The Kier molecular flexibility index (Phi) is 4.72. The summed E-state index contributed by atoms with van der Waals surface area (Å²) in [6, 6.07) is 21.5. The molecule has 7 heteroatoms. The highest BCUT2D eigenvalue weighted by Gasteiger charge is 2.11. The summed E-state index contributed by atoms with van der Waals surface area (Å²) >= 11 is 1.71. The van der Waals surface area contributed by atoms with Crippen LogP contribution in [0.25, 0.3) is 21.3 Å². The summed E-state index contributed by atoms with van der Waals surface area (Å²) < 4.78 is 3.01. The molecule has 1 amide bonds. The van der Waals surface area contributed by atoms with E-state index in [2.05, 4.69) is 26.7 Å². The molecule has 0 bridgehead atoms. The van der Waals surface area contributed by atoms with E-state index in [1.54, 1.807) is 28.2 Å². The lowest BCUT2D eigenvalue weighted by atomic mass is 10.1. The van der Waals surface area contributed by atoms with Crippen molar-refractivity contribution >= 4 is 44.2 Å². The van der Waals surface area contributed by atoms with E-state index in [9.17, 15) is 4.79 Å². The number of aromatic nitrogens is 4. The molecule has 0 unspecified atom stereocenters. The summed E-state index contributed by atoms with van der Waals surface area (Å²) in [5, 5.41) is 12.3. The van der Waals surface area contributed by atoms with Gasteiger partial charge in [-0.3, -0.25) is 4.79 Å². The van der Waals surface area contributed by atoms with Crippen molar-refractivity contribution in [2.24, 2.45) is 0 Å². The number of fused-ring (bicyclic) bond motifs is 2. The molecular weight excluding hydrogens is 394 g/mol. The molecule has 0 fully saturated rings. The van der Waals surface area contributed by atoms with Crippen molar-refractivity contribution in [2.75, 3.05) is 5.32 Å². The topological polar surface area (TPSA) is 72.7 Å². The normalized spacial score (nSPS) is 11.2. The van der Waals surface area contributed by atoms with Gasteiger partial charge in [-0.2, -0.15) is 0 Å². The predicted octanol–water partition coefficient (Wildman–Crippen LogP) is 4.90. The van der Waals surface area contributed by atoms with Gasteiger partial charge in [0.25, 0.3) is 5.91 Å². The van der Waals surface area contributed by atoms with Gasteiger partial charge < -0.3 is 5.32 Å². The van der Waals surface area contributed by atoms with E-state index >= 15 is 0 Å². The number of rotatable bonds is 5. The number of nitrogens with zero attached hydrogens (tertiary/aromatic N) is 4. The molecule has 5 rings (SSSR count). The van der Waals surface area contributed by atoms with Crippen LogP contribution in [0.2, 0.25) is 0 Å². The molecule has 3 aromatic carbocycles. The van der Waals surface area contributed by atoms with E-state index in [-0.39, 0.29) is 5.91 Å². The van der Waals surface area contributed by atoms with Crippen molar-refractivity contribution in [3.8, 4) is 0 Å². The van der Waals surface area contributed by atoms with Crippen molar-refractivity contribution in [2.45, 2.75) is 19.9 Å². The Bertz CT molecular complexity index is 1320. The van der Waals surface area contributed by atoms with Crippen LogP contribution in [0.1, 0.15) is 27.9 Å². The molecule has 148 valence electrons. The zero-order valence-electron chi connectivity index (χ0n) is 16.4. The van der Waals surface area contributed by atoms with Crippen LogP contribution in [-0.2, 0) is 13.0 Å². The number of carbonyl (C=O) groups excluding carboxylic acids is 1. The molecule has 2 aromatic heterocycles. The first-order valence-corrected chi connectivity index (χ1v) is 10.6. The van der Waals surface area contributed by atoms with Gasteiger partial charge in [-0.05, 0) is 55.0 Å². The number of para-hydroxylation sites is 1. The molecule has 0 aliphatic carbocycles. The van der Waals surface area contributed by atoms with Gasteiger partial charge in [0.15, 0.2) is 0 Å². The number of hydrogen-bond acceptors (Lipinski definition) is 5. The van der Waals surface area contributed by atoms with Gasteiger partial charge in [0.05, 0.1) is 20.7 Å². The summed E-state index contributed by atoms with van der Waals surface area (Å²) in [6.45, 7) is 2.75. The fourth-order valence-electron chi connectivity index (χ4n) is 3.43. The highest BCUT2D eigenvalue weighted by Crippen LogP contribution is 2.24. The second-order valence-electron chi connectivity index (χ2n) is 7.01. The van der Waals surface area contributed by atoms with Crippen LogP contribution in [-0.4, -0.2) is 25.9 Å². The quantitative estimate of drug-likeness (QED) is 0.445. The first-order valence-electron chi connectivity index (χ1n) is 9.77. The third-order valence-electron chi connectivity index (χ3n) is 4.98. The van der Waals surface area contributed by atoms with Crippen LogP contribution < -0.4 is 5.32 Å². The Morgan fingerprint density at radius 3 is 2.67 bits per heavy atom. The Hall–Kier alpha value is -3.58. The number of amides is 1. The number of anilines is 1. The third kappa shape index (κ3) is 3.55. The largest absolute Gasteiger partial charge is 0.322 e. The lowest BCUT2D eigenvalue weighted by Gasteiger charge is -2.06. The molecule has 5 aromatic rings. The van der Waals surface area contributed by atoms with Gasteiger partial charge in [0, 0.05) is 24.2 Å². The highest BCUT2D eigenvalue weighted by atomic mass is 32.1. The van der Waals surface area contributed by atoms with Crippen LogP contribution in [0.4, 0.5) is 5.69 Å². The van der Waals surface area contributed by atoms with Crippen molar-refractivity contribution in [3.63, 3.8) is 0 Å². The maximum absolute atomic E-state index is 12.6. The lowest BCUT2D eigenvalue weighted by molar-refractivity contribution is 0.102. The molecule has 0 radical (unpaired) electrons. The number of nitrogens with one attached hydrogen (secondary N) is 1. The van der Waals surface area contributed by atoms with Crippen molar-refractivity contribution in [3.05, 3.63) is 82.9 Å². The van der Waals surface area contributed by atoms with Gasteiger partial charge in [0.1, 0.15) is 5.52 Å². The molecule has 0 spiro atoms. The van der Waals surface area contributed by atoms with Gasteiger partial charge in [-0.25, -0.2) is 9.67 Å². The smallest absolute Gasteiger partial charge is 0.255 e. The zero-order valence-corrected chi connectivity index (χ0v) is 17.2. The second-order valence-corrected chi connectivity index (χ2v) is 8.13. The molecule has 1 N–H and O–H groups in total. The first-order chi connectivity index (χ1) is 14.7. The Morgan fingerprint density at radius 1 is 1.03 bits per heavy atom. The summed E-state index contributed by atoms with van der Waals surface area (Å²) in [5.41, 5.74) is 5.15. The zero-order chi connectivity index (χ0) is 20.5. The standard InChI is InChI=1S/C23H19N5OS/c1-2-28-20-12-9-16(14-19(20)26-27-28)23(29)24-17-10-7-15(8-11-17)13-22-25-18-5-3-4-6-21(18)30-22/h3-12,14H,2,13H2,1H3,(H,24,29). The minimum Gasteiger partial charge on any atom is -0.322 e. The summed E-state index contributed by atoms with van der Waals surface area (Å²) in [4.78, 5) is 17.3. The first kappa shape index (κ1) is 18.4. The summed E-state index contributed by atoms with van der Waals surface area (Å²) in [6.07, 6.45) is 0.775. The van der Waals surface area contributed by atoms with Crippen LogP contribution in [0.5, 0.6) is 0 Å². The van der Waals surface area contributed by atoms with Crippen LogP contribution >= 0.6 is 11.3 Å². The van der Waals surface area contributed by atoms with E-state index in [0.29, 0.717) is 5.56 Å². The fourth-order valence-corrected chi connectivity index (χ4v) is 4.43. The van der Waals surface area contributed by atoms with E-state index in [1.807, 2.05) is 55.5 Å². The van der Waals surface area contributed by atoms with Gasteiger partial charge in [0.2, 0.25) is 0 Å². The summed E-state index contributed by atoms with van der Waals surface area (Å²) in [7, 11) is 0. The van der Waals surface area contributed by atoms with E-state index < -0.39 is 0 Å². The number of carbonyl (C=O) groups is 1. The Morgan fingerprint density at radius 2 is 1.87 bits per heavy atom. The number of benzene rings is 3. The number of aryl methyl sites for hydroxylation is 1. The molecular formula is C23H19N5OS. The highest BCUT2D eigenvalue weighted by molar-refractivity contribution is 7.18. The van der Waals surface area contributed by atoms with Crippen molar-refractivity contribution in [1.82, 2.24) is 20.0 Å². The van der Waals surface area contributed by atoms with Crippen LogP contribution in [0.3, 0.4) is 0 Å². The maximum Gasteiger partial charge on any atom is 0.255 e. The molecule has 0 atom stereocenters. The monoisotopic (exact) mass is 413 g/mol. The molecule has 0 aliphatic heterocycles. The molecule has 2 heterocycles. The average Bonchev–Trinajstić information content (AvgIpc) is 3.37. The summed E-state index contributed by atoms with van der Waals surface area (Å²) in [5.74, 6) is -0.165. The predicted molar refractivity (Wildman–Crippen MR) is 120 cm³/mol. The van der Waals surface area contributed by atoms with E-state index in [0.717, 1.165) is 45.8 Å². The fraction of sp³-hybridized carbons (Fsp3) is 0.130. The van der Waals surface area contributed by atoms with Crippen molar-refractivity contribution < 1.29 is 4.79 Å². The SMILES string of the molecule is CCn1nnc2cc(C(=O)Nc3ccc(Cc4nc5ccccc5s4)cc3)ccc21. The van der Waals surface area contributed by atoms with E-state index in [4.69, 9.17) is 0 Å². The second kappa shape index (κ2) is 7.68. The van der Waals surface area contributed by atoms with Gasteiger partial charge >= 0.3 is 0 Å². The molecule has 0 saturated heterocycles.